The average Bonchev–Trinajstić information content (AvgIpc) is 2.77. The maximum atomic E-state index is 11.1. The van der Waals surface area contributed by atoms with Crippen molar-refractivity contribution < 1.29 is 9.59 Å². The van der Waals surface area contributed by atoms with Crippen molar-refractivity contribution in [2.75, 3.05) is 0 Å². The fourth-order valence-corrected chi connectivity index (χ4v) is 1.98. The van der Waals surface area contributed by atoms with Gasteiger partial charge in [-0.25, -0.2) is 0 Å². The number of piperidine rings is 1. The van der Waals surface area contributed by atoms with Gasteiger partial charge in [-0.05, 0) is 18.8 Å². The van der Waals surface area contributed by atoms with Gasteiger partial charge in [0.2, 0.25) is 20.3 Å². The summed E-state index contributed by atoms with van der Waals surface area (Å²) in [6.45, 7) is 0. The molecule has 4 nitrogen and oxygen atoms in total. The molecule has 0 bridgehead atoms. The zero-order chi connectivity index (χ0) is 8.72. The van der Waals surface area contributed by atoms with Gasteiger partial charge in [0.25, 0.3) is 0 Å². The van der Waals surface area contributed by atoms with Crippen molar-refractivity contribution in [2.45, 2.75) is 24.9 Å². The molecule has 1 saturated carbocycles. The van der Waals surface area contributed by atoms with Crippen LogP contribution in [0.2, 0.25) is 0 Å². The van der Waals surface area contributed by atoms with Crippen LogP contribution in [0.3, 0.4) is 0 Å². The highest BCUT2D eigenvalue weighted by Gasteiger charge is 2.53. The van der Waals surface area contributed by atoms with Crippen LogP contribution < -0.4 is 5.23 Å². The summed E-state index contributed by atoms with van der Waals surface area (Å²) < 4.78 is 0. The first-order valence-electron chi connectivity index (χ1n) is 4.01. The normalized spacial score (nSPS) is 37.3. The number of fused-ring (bicyclic) bond motifs is 1. The van der Waals surface area contributed by atoms with Crippen LogP contribution in [-0.4, -0.2) is 37.3 Å². The topological polar surface area (TPSA) is 49.4 Å². The summed E-state index contributed by atoms with van der Waals surface area (Å²) in [5.41, 5.74) is 0. The van der Waals surface area contributed by atoms with Crippen LogP contribution in [0.15, 0.2) is 0 Å². The van der Waals surface area contributed by atoms with Crippen molar-refractivity contribution in [3.63, 3.8) is 0 Å². The number of nitrogens with one attached hydrogen (secondary N) is 1. The summed E-state index contributed by atoms with van der Waals surface area (Å²) in [7, 11) is 4.99. The van der Waals surface area contributed by atoms with Crippen LogP contribution in [0, 0.1) is 5.92 Å². The van der Waals surface area contributed by atoms with E-state index in [4.69, 9.17) is 7.98 Å². The van der Waals surface area contributed by atoms with Crippen molar-refractivity contribution in [1.29, 1.82) is 0 Å². The van der Waals surface area contributed by atoms with Gasteiger partial charge in [-0.15, -0.1) is 0 Å². The lowest BCUT2D eigenvalue weighted by atomic mass is 10.1. The summed E-state index contributed by atoms with van der Waals surface area (Å²) in [6, 6.07) is -0.0129. The molecule has 2 amide bonds. The molecule has 0 aromatic rings. The lowest BCUT2D eigenvalue weighted by Crippen LogP contribution is -2.43. The largest absolute Gasteiger partial charge is 0.407 e. The molecule has 1 aliphatic carbocycles. The summed E-state index contributed by atoms with van der Waals surface area (Å²) in [5, 5.41) is 2.07. The van der Waals surface area contributed by atoms with Gasteiger partial charge in [0.1, 0.15) is 6.04 Å². The standard InChI is InChI=1S/C7H9BN2O2/c8-9-7(12)6-2-4-1-5(4)10(6)3-11/h3-6H,1-2H2,(H,9,12). The van der Waals surface area contributed by atoms with Crippen LogP contribution in [0.4, 0.5) is 0 Å². The van der Waals surface area contributed by atoms with Crippen LogP contribution in [0.1, 0.15) is 12.8 Å². The predicted molar refractivity (Wildman–Crippen MR) is 42.1 cm³/mol. The molecule has 2 rings (SSSR count). The minimum absolute atomic E-state index is 0.255. The molecule has 2 fully saturated rings. The molecule has 3 unspecified atom stereocenters. The summed E-state index contributed by atoms with van der Waals surface area (Å²) in [6.07, 6.45) is 2.57. The Labute approximate surface area is 71.7 Å². The number of carbonyl (C=O) groups is 2. The van der Waals surface area contributed by atoms with Crippen molar-refractivity contribution in [3.8, 4) is 0 Å². The smallest absolute Gasteiger partial charge is 0.230 e. The van der Waals surface area contributed by atoms with E-state index in [2.05, 4.69) is 5.23 Å². The molecule has 0 aromatic heterocycles. The van der Waals surface area contributed by atoms with Crippen LogP contribution in [0.25, 0.3) is 0 Å². The maximum Gasteiger partial charge on any atom is 0.230 e. The lowest BCUT2D eigenvalue weighted by molar-refractivity contribution is -0.131. The van der Waals surface area contributed by atoms with E-state index in [9.17, 15) is 9.59 Å². The highest BCUT2D eigenvalue weighted by atomic mass is 16.2. The van der Waals surface area contributed by atoms with E-state index in [1.807, 2.05) is 0 Å². The number of rotatable bonds is 2. The van der Waals surface area contributed by atoms with E-state index in [0.29, 0.717) is 12.0 Å². The second kappa shape index (κ2) is 2.50. The second-order valence-electron chi connectivity index (χ2n) is 3.38. The van der Waals surface area contributed by atoms with Crippen molar-refractivity contribution in [1.82, 2.24) is 10.1 Å². The Kier molecular flexibility index (Phi) is 1.59. The fourth-order valence-electron chi connectivity index (χ4n) is 1.98. The van der Waals surface area contributed by atoms with E-state index in [0.717, 1.165) is 19.3 Å². The number of hydrogen-bond acceptors (Lipinski definition) is 2. The SMILES string of the molecule is [B]NC(=O)C1CC2CC2N1C=O. The molecule has 0 spiro atoms. The molecule has 1 aliphatic heterocycles. The molecule has 1 saturated heterocycles. The highest BCUT2D eigenvalue weighted by molar-refractivity contribution is 6.15. The quantitative estimate of drug-likeness (QED) is 0.411. The number of hydrogen-bond donors (Lipinski definition) is 1. The molecule has 12 heavy (non-hydrogen) atoms. The Bertz CT molecular complexity index is 233. The Morgan fingerprint density at radius 1 is 1.58 bits per heavy atom. The van der Waals surface area contributed by atoms with Crippen molar-refractivity contribution >= 4 is 20.3 Å². The number of likely N-dealkylation sites (tertiary alicyclic amines) is 1. The number of nitrogens with zero attached hydrogens (tertiary/aromatic N) is 1. The highest BCUT2D eigenvalue weighted by Crippen LogP contribution is 2.46. The second-order valence-corrected chi connectivity index (χ2v) is 3.38. The van der Waals surface area contributed by atoms with Crippen molar-refractivity contribution in [2.24, 2.45) is 5.92 Å². The maximum absolute atomic E-state index is 11.1. The first kappa shape index (κ1) is 7.64. The molecule has 0 aromatic carbocycles. The third-order valence-corrected chi connectivity index (χ3v) is 2.72. The van der Waals surface area contributed by atoms with Crippen LogP contribution in [0.5, 0.6) is 0 Å². The van der Waals surface area contributed by atoms with Gasteiger partial charge in [0.05, 0.1) is 0 Å². The zero-order valence-electron chi connectivity index (χ0n) is 6.56. The predicted octanol–water partition coefficient (Wildman–Crippen LogP) is -1.19. The van der Waals surface area contributed by atoms with Crippen LogP contribution in [-0.2, 0) is 9.59 Å². The van der Waals surface area contributed by atoms with E-state index in [1.54, 1.807) is 4.90 Å². The third kappa shape index (κ3) is 0.923. The number of carbonyl (C=O) groups excluding carboxylic acids is 2. The monoisotopic (exact) mass is 164 g/mol. The summed E-state index contributed by atoms with van der Waals surface area (Å²) in [5.74, 6) is 0.284. The lowest BCUT2D eigenvalue weighted by Gasteiger charge is -2.21. The summed E-state index contributed by atoms with van der Waals surface area (Å²) in [4.78, 5) is 23.3. The molecule has 2 aliphatic rings. The van der Waals surface area contributed by atoms with Gasteiger partial charge >= 0.3 is 0 Å². The minimum Gasteiger partial charge on any atom is -0.407 e. The minimum atomic E-state index is -0.323. The molecule has 2 radical (unpaired) electrons. The first-order chi connectivity index (χ1) is 5.77. The molecular weight excluding hydrogens is 155 g/mol. The molecule has 5 heteroatoms. The van der Waals surface area contributed by atoms with E-state index >= 15 is 0 Å². The van der Waals surface area contributed by atoms with E-state index in [1.165, 1.54) is 0 Å². The van der Waals surface area contributed by atoms with Gasteiger partial charge in [0, 0.05) is 6.04 Å². The average molecular weight is 164 g/mol. The van der Waals surface area contributed by atoms with Crippen LogP contribution >= 0.6 is 0 Å². The third-order valence-electron chi connectivity index (χ3n) is 2.72. The number of amides is 2. The van der Waals surface area contributed by atoms with E-state index in [-0.39, 0.29) is 11.9 Å². The molecule has 1 heterocycles. The van der Waals surface area contributed by atoms with Gasteiger partial charge in [-0.1, -0.05) is 0 Å². The first-order valence-corrected chi connectivity index (χ1v) is 4.01. The Hall–Kier alpha value is -0.995. The molecule has 1 N–H and O–H groups in total. The molecule has 62 valence electrons. The Morgan fingerprint density at radius 3 is 2.92 bits per heavy atom. The zero-order valence-corrected chi connectivity index (χ0v) is 6.56. The van der Waals surface area contributed by atoms with Crippen molar-refractivity contribution in [3.05, 3.63) is 0 Å². The molecular formula is C7H9BN2O2. The fraction of sp³-hybridized carbons (Fsp3) is 0.714. The van der Waals surface area contributed by atoms with Gasteiger partial charge in [0.15, 0.2) is 0 Å². The van der Waals surface area contributed by atoms with Gasteiger partial charge in [-0.2, -0.15) is 0 Å². The van der Waals surface area contributed by atoms with Gasteiger partial charge in [-0.3, -0.25) is 9.59 Å². The van der Waals surface area contributed by atoms with Gasteiger partial charge < -0.3 is 10.1 Å². The Balaban J connectivity index is 2.07. The summed E-state index contributed by atoms with van der Waals surface area (Å²) >= 11 is 0. The Morgan fingerprint density at radius 2 is 2.33 bits per heavy atom. The molecule has 3 atom stereocenters. The van der Waals surface area contributed by atoms with E-state index < -0.39 is 0 Å².